The molecule has 10 heteroatoms. The van der Waals surface area contributed by atoms with Gasteiger partial charge in [-0.1, -0.05) is 18.5 Å². The smallest absolute Gasteiger partial charge is 0.437 e. The average molecular weight is 402 g/mol. The first-order valence-corrected chi connectivity index (χ1v) is 8.72. The molecule has 0 aliphatic carbocycles. The van der Waals surface area contributed by atoms with Crippen molar-refractivity contribution in [1.29, 1.82) is 0 Å². The highest BCUT2D eigenvalue weighted by atomic mass is 19.4. The second-order valence-corrected chi connectivity index (χ2v) is 6.29. The lowest BCUT2D eigenvalue weighted by atomic mass is 10.0. The Balaban J connectivity index is 2.07. The topological polar surface area (TPSA) is 92.9 Å². The lowest BCUT2D eigenvalue weighted by Crippen LogP contribution is -2.31. The molecule has 2 aromatic rings. The third kappa shape index (κ3) is 5.14. The van der Waals surface area contributed by atoms with Crippen molar-refractivity contribution in [3.63, 3.8) is 0 Å². The van der Waals surface area contributed by atoms with Crippen molar-refractivity contribution < 1.29 is 37.1 Å². The molecule has 154 valence electrons. The zero-order chi connectivity index (χ0) is 20.9. The first-order valence-electron chi connectivity index (χ1n) is 8.72. The van der Waals surface area contributed by atoms with Crippen LogP contribution in [-0.4, -0.2) is 47.2 Å². The molecule has 0 radical (unpaired) electrons. The molecule has 0 saturated carbocycles. The van der Waals surface area contributed by atoms with Crippen molar-refractivity contribution in [1.82, 2.24) is 10.1 Å². The number of ether oxygens (including phenoxy) is 1. The lowest BCUT2D eigenvalue weighted by Gasteiger charge is -2.15. The van der Waals surface area contributed by atoms with Crippen molar-refractivity contribution >= 4 is 22.8 Å². The Kier molecular flexibility index (Phi) is 6.87. The van der Waals surface area contributed by atoms with Crippen molar-refractivity contribution in [2.45, 2.75) is 38.8 Å². The average Bonchev–Trinajstić information content (AvgIpc) is 3.04. The molecule has 1 amide bonds. The van der Waals surface area contributed by atoms with Crippen LogP contribution in [0.4, 0.5) is 13.2 Å². The Hall–Kier alpha value is -2.78. The first-order chi connectivity index (χ1) is 13.1. The Morgan fingerprint density at radius 3 is 2.64 bits per heavy atom. The van der Waals surface area contributed by atoms with Crippen molar-refractivity contribution in [2.75, 3.05) is 20.2 Å². The fraction of sp³-hybridized carbons (Fsp3) is 0.500. The molecule has 0 aliphatic heterocycles. The number of alkyl halides is 3. The van der Waals surface area contributed by atoms with E-state index in [1.807, 2.05) is 6.92 Å². The zero-order valence-corrected chi connectivity index (χ0v) is 15.5. The zero-order valence-electron chi connectivity index (χ0n) is 15.5. The van der Waals surface area contributed by atoms with Crippen LogP contribution in [0.15, 0.2) is 16.7 Å². The number of carbonyl (C=O) groups excluding carboxylic acids is 1. The maximum atomic E-state index is 13.0. The molecule has 0 aliphatic rings. The van der Waals surface area contributed by atoms with Crippen LogP contribution in [0.5, 0.6) is 5.75 Å². The number of likely N-dealkylation sites (N-methyl/N-ethyl adjacent to an activating group) is 1. The first kappa shape index (κ1) is 21.5. The third-order valence-electron chi connectivity index (χ3n) is 4.06. The molecule has 0 unspecified atom stereocenters. The van der Waals surface area contributed by atoms with Crippen molar-refractivity contribution in [2.24, 2.45) is 0 Å². The number of hydrogen-bond acceptors (Lipinski definition) is 5. The maximum absolute atomic E-state index is 13.0. The van der Waals surface area contributed by atoms with Crippen LogP contribution < -0.4 is 4.74 Å². The number of carboxylic acid groups (broad SMARTS) is 1. The highest BCUT2D eigenvalue weighted by Crippen LogP contribution is 2.38. The number of fused-ring (bicyclic) bond motifs is 1. The van der Waals surface area contributed by atoms with Gasteiger partial charge in [-0.3, -0.25) is 9.59 Å². The van der Waals surface area contributed by atoms with Gasteiger partial charge in [-0.05, 0) is 25.0 Å². The summed E-state index contributed by atoms with van der Waals surface area (Å²) < 4.78 is 49.6. The fourth-order valence-corrected chi connectivity index (χ4v) is 2.75. The largest absolute Gasteiger partial charge is 0.493 e. The standard InChI is InChI=1S/C18H21F3N2O5/c1-3-5-11-13(27-9-4-6-14(24)23(2)10-15(25)26)8-7-12-16(11)28-22-17(12)18(19,20)21/h7-8H,3-6,9-10H2,1-2H3,(H,25,26). The van der Waals surface area contributed by atoms with Crippen LogP contribution in [0.2, 0.25) is 0 Å². The summed E-state index contributed by atoms with van der Waals surface area (Å²) in [6.45, 7) is 1.64. The lowest BCUT2D eigenvalue weighted by molar-refractivity contribution is -0.143. The van der Waals surface area contributed by atoms with E-state index >= 15 is 0 Å². The SMILES string of the molecule is CCCc1c(OCCCC(=O)N(C)CC(=O)O)ccc2c(C(F)(F)F)noc12. The van der Waals surface area contributed by atoms with Crippen LogP contribution in [0, 0.1) is 0 Å². The number of benzene rings is 1. The molecular formula is C18H21F3N2O5. The molecule has 1 N–H and O–H groups in total. The molecule has 0 saturated heterocycles. The summed E-state index contributed by atoms with van der Waals surface area (Å²) in [7, 11) is 1.40. The summed E-state index contributed by atoms with van der Waals surface area (Å²) in [6.07, 6.45) is -3.08. The van der Waals surface area contributed by atoms with E-state index in [0.29, 0.717) is 30.6 Å². The Labute approximate surface area is 159 Å². The van der Waals surface area contributed by atoms with Gasteiger partial charge in [0.25, 0.3) is 0 Å². The van der Waals surface area contributed by atoms with Gasteiger partial charge in [0.1, 0.15) is 12.3 Å². The van der Waals surface area contributed by atoms with Crippen LogP contribution >= 0.6 is 0 Å². The van der Waals surface area contributed by atoms with E-state index in [-0.39, 0.29) is 36.4 Å². The number of carbonyl (C=O) groups is 2. The number of halogens is 3. The van der Waals surface area contributed by atoms with E-state index in [4.69, 9.17) is 14.4 Å². The number of hydrogen-bond donors (Lipinski definition) is 1. The summed E-state index contributed by atoms with van der Waals surface area (Å²) in [5.74, 6) is -1.05. The molecule has 28 heavy (non-hydrogen) atoms. The quantitative estimate of drug-likeness (QED) is 0.646. The number of aliphatic carboxylic acids is 1. The molecule has 0 bridgehead atoms. The summed E-state index contributed by atoms with van der Waals surface area (Å²) >= 11 is 0. The molecule has 1 aromatic heterocycles. The number of aryl methyl sites for hydroxylation is 1. The van der Waals surface area contributed by atoms with E-state index in [0.717, 1.165) is 4.90 Å². The number of carboxylic acids is 1. The van der Waals surface area contributed by atoms with E-state index in [2.05, 4.69) is 5.16 Å². The number of nitrogens with zero attached hydrogens (tertiary/aromatic N) is 2. The predicted molar refractivity (Wildman–Crippen MR) is 93.0 cm³/mol. The van der Waals surface area contributed by atoms with E-state index < -0.39 is 17.8 Å². The highest BCUT2D eigenvalue weighted by molar-refractivity contribution is 5.85. The van der Waals surface area contributed by atoms with Gasteiger partial charge >= 0.3 is 12.1 Å². The number of aromatic nitrogens is 1. The summed E-state index contributed by atoms with van der Waals surface area (Å²) in [5.41, 5.74) is -0.528. The van der Waals surface area contributed by atoms with E-state index in [9.17, 15) is 22.8 Å². The second-order valence-electron chi connectivity index (χ2n) is 6.29. The molecular weight excluding hydrogens is 381 g/mol. The van der Waals surface area contributed by atoms with E-state index in [1.54, 1.807) is 0 Å². The molecule has 7 nitrogen and oxygen atoms in total. The monoisotopic (exact) mass is 402 g/mol. The van der Waals surface area contributed by atoms with Crippen molar-refractivity contribution in [3.8, 4) is 5.75 Å². The minimum atomic E-state index is -4.61. The molecule has 0 spiro atoms. The molecule has 0 fully saturated rings. The minimum absolute atomic E-state index is 0.0453. The van der Waals surface area contributed by atoms with Gasteiger partial charge in [-0.25, -0.2) is 0 Å². The fourth-order valence-electron chi connectivity index (χ4n) is 2.75. The normalized spacial score (nSPS) is 11.6. The predicted octanol–water partition coefficient (Wildman–Crippen LogP) is 3.50. The summed E-state index contributed by atoms with van der Waals surface area (Å²) in [4.78, 5) is 23.5. The van der Waals surface area contributed by atoms with Gasteiger partial charge in [0.15, 0.2) is 11.3 Å². The molecule has 2 rings (SSSR count). The second kappa shape index (κ2) is 8.94. The van der Waals surface area contributed by atoms with Gasteiger partial charge in [0, 0.05) is 19.0 Å². The Morgan fingerprint density at radius 1 is 1.32 bits per heavy atom. The molecule has 1 heterocycles. The van der Waals surface area contributed by atoms with Crippen LogP contribution in [0.25, 0.3) is 11.0 Å². The highest BCUT2D eigenvalue weighted by Gasteiger charge is 2.37. The minimum Gasteiger partial charge on any atom is -0.493 e. The van der Waals surface area contributed by atoms with Gasteiger partial charge in [-0.2, -0.15) is 13.2 Å². The van der Waals surface area contributed by atoms with Gasteiger partial charge in [-0.15, -0.1) is 0 Å². The summed E-state index contributed by atoms with van der Waals surface area (Å²) in [6, 6.07) is 2.70. The molecule has 1 aromatic carbocycles. The van der Waals surface area contributed by atoms with Crippen molar-refractivity contribution in [3.05, 3.63) is 23.4 Å². The van der Waals surface area contributed by atoms with Gasteiger partial charge in [0.05, 0.1) is 12.0 Å². The van der Waals surface area contributed by atoms with Crippen LogP contribution in [-0.2, 0) is 22.2 Å². The number of amides is 1. The maximum Gasteiger partial charge on any atom is 0.437 e. The Morgan fingerprint density at radius 2 is 2.04 bits per heavy atom. The third-order valence-corrected chi connectivity index (χ3v) is 4.06. The Bertz CT molecular complexity index is 848. The van der Waals surface area contributed by atoms with Gasteiger partial charge < -0.3 is 19.3 Å². The number of rotatable bonds is 9. The molecule has 0 atom stereocenters. The van der Waals surface area contributed by atoms with Gasteiger partial charge in [0.2, 0.25) is 5.91 Å². The van der Waals surface area contributed by atoms with Crippen LogP contribution in [0.3, 0.4) is 0 Å². The van der Waals surface area contributed by atoms with E-state index in [1.165, 1.54) is 19.2 Å². The van der Waals surface area contributed by atoms with Crippen LogP contribution in [0.1, 0.15) is 37.4 Å². The summed E-state index contributed by atoms with van der Waals surface area (Å²) in [5, 5.41) is 11.7.